The Morgan fingerprint density at radius 2 is 1.65 bits per heavy atom. The van der Waals surface area contributed by atoms with Gasteiger partial charge in [-0.3, -0.25) is 4.79 Å². The number of rotatable bonds is 7. The number of fused-ring (bicyclic) bond motifs is 3. The molecule has 0 radical (unpaired) electrons. The molecule has 2 amide bonds. The molecule has 178 valence electrons. The van der Waals surface area contributed by atoms with Crippen molar-refractivity contribution >= 4 is 18.0 Å². The molecule has 0 spiro atoms. The number of carboxylic acid groups (broad SMARTS) is 1. The topological polar surface area (TPSA) is 95.9 Å². The maximum Gasteiger partial charge on any atom is 0.407 e. The average molecular weight is 463 g/mol. The third kappa shape index (κ3) is 4.27. The summed E-state index contributed by atoms with van der Waals surface area (Å²) < 4.78 is 5.64. The summed E-state index contributed by atoms with van der Waals surface area (Å²) in [6.07, 6.45) is 2.56. The molecule has 7 nitrogen and oxygen atoms in total. The van der Waals surface area contributed by atoms with E-state index in [-0.39, 0.29) is 24.3 Å². The lowest BCUT2D eigenvalue weighted by atomic mass is 9.98. The molecule has 1 saturated carbocycles. The number of alkyl carbamates (subject to hydrolysis) is 1. The number of carbonyl (C=O) groups is 3. The highest BCUT2D eigenvalue weighted by Gasteiger charge is 2.43. The molecule has 3 aliphatic rings. The molecule has 2 fully saturated rings. The van der Waals surface area contributed by atoms with E-state index >= 15 is 0 Å². The molecule has 1 heterocycles. The van der Waals surface area contributed by atoms with Crippen molar-refractivity contribution < 1.29 is 24.2 Å². The Morgan fingerprint density at radius 3 is 2.24 bits per heavy atom. The van der Waals surface area contributed by atoms with Gasteiger partial charge in [0.15, 0.2) is 0 Å². The minimum Gasteiger partial charge on any atom is -0.480 e. The molecule has 0 bridgehead atoms. The van der Waals surface area contributed by atoms with Crippen LogP contribution in [0.4, 0.5) is 4.79 Å². The summed E-state index contributed by atoms with van der Waals surface area (Å²) in [5.41, 5.74) is 4.54. The second kappa shape index (κ2) is 9.12. The number of hydrogen-bond acceptors (Lipinski definition) is 4. The number of hydrogen-bond donors (Lipinski definition) is 2. The van der Waals surface area contributed by atoms with Gasteiger partial charge in [-0.15, -0.1) is 0 Å². The van der Waals surface area contributed by atoms with E-state index in [2.05, 4.69) is 29.6 Å². The number of amides is 2. The summed E-state index contributed by atoms with van der Waals surface area (Å²) in [5, 5.41) is 12.4. The second-order valence-electron chi connectivity index (χ2n) is 9.78. The molecule has 34 heavy (non-hydrogen) atoms. The van der Waals surface area contributed by atoms with Crippen molar-refractivity contribution in [2.75, 3.05) is 13.2 Å². The highest BCUT2D eigenvalue weighted by Crippen LogP contribution is 2.44. The Kier molecular flexibility index (Phi) is 6.02. The molecule has 7 heteroatoms. The lowest BCUT2D eigenvalue weighted by Crippen LogP contribution is -2.52. The van der Waals surface area contributed by atoms with Crippen molar-refractivity contribution in [2.24, 2.45) is 11.8 Å². The minimum absolute atomic E-state index is 0.0634. The molecule has 1 saturated heterocycles. The van der Waals surface area contributed by atoms with E-state index in [0.717, 1.165) is 35.1 Å². The first-order valence-corrected chi connectivity index (χ1v) is 12.1. The number of nitrogens with zero attached hydrogens (tertiary/aromatic N) is 1. The fraction of sp³-hybridized carbons (Fsp3) is 0.444. The van der Waals surface area contributed by atoms with Crippen molar-refractivity contribution in [1.82, 2.24) is 10.2 Å². The highest BCUT2D eigenvalue weighted by atomic mass is 16.5. The summed E-state index contributed by atoms with van der Waals surface area (Å²) in [7, 11) is 0. The molecule has 2 aliphatic carbocycles. The van der Waals surface area contributed by atoms with Crippen LogP contribution in [-0.4, -0.2) is 53.2 Å². The zero-order valence-electron chi connectivity index (χ0n) is 19.3. The predicted molar refractivity (Wildman–Crippen MR) is 126 cm³/mol. The third-order valence-electron chi connectivity index (χ3n) is 7.44. The Labute approximate surface area is 199 Å². The lowest BCUT2D eigenvalue weighted by molar-refractivity contribution is -0.150. The molecular weight excluding hydrogens is 432 g/mol. The Balaban J connectivity index is 1.27. The first-order chi connectivity index (χ1) is 16.4. The molecule has 3 atom stereocenters. The van der Waals surface area contributed by atoms with Crippen LogP contribution in [-0.2, 0) is 14.3 Å². The fourth-order valence-corrected chi connectivity index (χ4v) is 5.46. The largest absolute Gasteiger partial charge is 0.480 e. The van der Waals surface area contributed by atoms with Gasteiger partial charge in [0.1, 0.15) is 18.7 Å². The van der Waals surface area contributed by atoms with Crippen LogP contribution < -0.4 is 5.32 Å². The molecule has 1 aliphatic heterocycles. The van der Waals surface area contributed by atoms with E-state index in [1.54, 1.807) is 0 Å². The SMILES string of the molecule is CC1CCN(C(=O)C(CC2CC2)NC(=O)OCC2c3ccccc3-c3ccccc32)C1C(=O)O. The van der Waals surface area contributed by atoms with Gasteiger partial charge in [-0.2, -0.15) is 0 Å². The van der Waals surface area contributed by atoms with Crippen LogP contribution in [0.2, 0.25) is 0 Å². The van der Waals surface area contributed by atoms with E-state index in [1.165, 1.54) is 4.90 Å². The quantitative estimate of drug-likeness (QED) is 0.648. The summed E-state index contributed by atoms with van der Waals surface area (Å²) in [5.74, 6) is -1.11. The van der Waals surface area contributed by atoms with Gasteiger partial charge in [0.05, 0.1) is 0 Å². The van der Waals surface area contributed by atoms with Crippen LogP contribution in [0.15, 0.2) is 48.5 Å². The normalized spacial score (nSPS) is 22.1. The standard InChI is InChI=1S/C27H30N2O5/c1-16-12-13-29(24(16)26(31)32)25(30)23(14-17-10-11-17)28-27(33)34-15-22-20-8-4-2-6-18(20)19-7-3-5-9-21(19)22/h2-9,16-17,22-24H,10-15H2,1H3,(H,28,33)(H,31,32). The van der Waals surface area contributed by atoms with Crippen LogP contribution in [0.1, 0.15) is 49.7 Å². The molecule has 2 aromatic rings. The number of likely N-dealkylation sites (tertiary alicyclic amines) is 1. The third-order valence-corrected chi connectivity index (χ3v) is 7.44. The van der Waals surface area contributed by atoms with Gasteiger partial charge < -0.3 is 20.1 Å². The summed E-state index contributed by atoms with van der Waals surface area (Å²) in [6, 6.07) is 14.6. The number of benzene rings is 2. The van der Waals surface area contributed by atoms with E-state index in [0.29, 0.717) is 25.3 Å². The van der Waals surface area contributed by atoms with Crippen molar-refractivity contribution in [3.8, 4) is 11.1 Å². The van der Waals surface area contributed by atoms with Crippen molar-refractivity contribution in [1.29, 1.82) is 0 Å². The van der Waals surface area contributed by atoms with E-state index in [4.69, 9.17) is 4.74 Å². The average Bonchev–Trinajstić information content (AvgIpc) is 3.47. The Bertz CT molecular complexity index is 1070. The van der Waals surface area contributed by atoms with Crippen molar-refractivity contribution in [2.45, 2.75) is 50.6 Å². The summed E-state index contributed by atoms with van der Waals surface area (Å²) in [6.45, 7) is 2.41. The van der Waals surface area contributed by atoms with Gasteiger partial charge >= 0.3 is 12.1 Å². The molecule has 0 aromatic heterocycles. The number of carboxylic acids is 1. The zero-order valence-corrected chi connectivity index (χ0v) is 19.3. The van der Waals surface area contributed by atoms with Crippen LogP contribution in [0.3, 0.4) is 0 Å². The van der Waals surface area contributed by atoms with Gasteiger partial charge in [-0.05, 0) is 46.9 Å². The van der Waals surface area contributed by atoms with Crippen LogP contribution >= 0.6 is 0 Å². The molecule has 2 N–H and O–H groups in total. The first kappa shape index (κ1) is 22.4. The maximum atomic E-state index is 13.3. The number of aliphatic carboxylic acids is 1. The zero-order chi connectivity index (χ0) is 23.8. The monoisotopic (exact) mass is 462 g/mol. The number of carbonyl (C=O) groups excluding carboxylic acids is 2. The fourth-order valence-electron chi connectivity index (χ4n) is 5.46. The van der Waals surface area contributed by atoms with E-state index in [1.807, 2.05) is 31.2 Å². The second-order valence-corrected chi connectivity index (χ2v) is 9.78. The summed E-state index contributed by atoms with van der Waals surface area (Å²) >= 11 is 0. The van der Waals surface area contributed by atoms with Gasteiger partial charge in [-0.1, -0.05) is 68.3 Å². The maximum absolute atomic E-state index is 13.3. The smallest absolute Gasteiger partial charge is 0.407 e. The molecule has 2 aromatic carbocycles. The van der Waals surface area contributed by atoms with E-state index in [9.17, 15) is 19.5 Å². The minimum atomic E-state index is -0.996. The van der Waals surface area contributed by atoms with Gasteiger partial charge in [0, 0.05) is 12.5 Å². The number of ether oxygens (including phenoxy) is 1. The molecular formula is C27H30N2O5. The van der Waals surface area contributed by atoms with Gasteiger partial charge in [-0.25, -0.2) is 9.59 Å². The predicted octanol–water partition coefficient (Wildman–Crippen LogP) is 4.02. The van der Waals surface area contributed by atoms with Gasteiger partial charge in [0.2, 0.25) is 5.91 Å². The first-order valence-electron chi connectivity index (χ1n) is 12.1. The van der Waals surface area contributed by atoms with Crippen molar-refractivity contribution in [3.05, 3.63) is 59.7 Å². The lowest BCUT2D eigenvalue weighted by Gasteiger charge is -2.28. The van der Waals surface area contributed by atoms with Gasteiger partial charge in [0.25, 0.3) is 0 Å². The van der Waals surface area contributed by atoms with Crippen LogP contribution in [0.25, 0.3) is 11.1 Å². The Hall–Kier alpha value is -3.35. The molecule has 5 rings (SSSR count). The number of nitrogens with one attached hydrogen (secondary N) is 1. The van der Waals surface area contributed by atoms with Crippen molar-refractivity contribution in [3.63, 3.8) is 0 Å². The van der Waals surface area contributed by atoms with Crippen LogP contribution in [0.5, 0.6) is 0 Å². The highest BCUT2D eigenvalue weighted by molar-refractivity contribution is 5.90. The molecule has 3 unspecified atom stereocenters. The van der Waals surface area contributed by atoms with E-state index < -0.39 is 24.1 Å². The Morgan fingerprint density at radius 1 is 1.03 bits per heavy atom. The summed E-state index contributed by atoms with van der Waals surface area (Å²) in [4.78, 5) is 39.3. The van der Waals surface area contributed by atoms with Crippen LogP contribution in [0, 0.1) is 11.8 Å².